The van der Waals surface area contributed by atoms with E-state index in [1.54, 1.807) is 6.92 Å². The highest BCUT2D eigenvalue weighted by Crippen LogP contribution is 2.52. The Kier molecular flexibility index (Phi) is 10.5. The van der Waals surface area contributed by atoms with Crippen molar-refractivity contribution in [3.8, 4) is 0 Å². The molecule has 210 valence electrons. The van der Waals surface area contributed by atoms with E-state index < -0.39 is 44.0 Å². The molecule has 9 heteroatoms. The van der Waals surface area contributed by atoms with Crippen molar-refractivity contribution in [1.82, 2.24) is 0 Å². The summed E-state index contributed by atoms with van der Waals surface area (Å²) in [6, 6.07) is 29.1. The maximum Gasteiger partial charge on any atom is 0.335 e. The molecule has 1 fully saturated rings. The molecule has 0 unspecified atom stereocenters. The van der Waals surface area contributed by atoms with Crippen LogP contribution in [-0.4, -0.2) is 55.7 Å². The molecule has 0 saturated carbocycles. The molecular weight excluding hydrogens is 519 g/mol. The van der Waals surface area contributed by atoms with Gasteiger partial charge in [0.1, 0.15) is 24.5 Å². The summed E-state index contributed by atoms with van der Waals surface area (Å²) in [5, 5.41) is 11.9. The maximum atomic E-state index is 13.2. The topological polar surface area (TPSA) is 92.7 Å². The molecule has 5 atom stereocenters. The van der Waals surface area contributed by atoms with E-state index in [-0.39, 0.29) is 13.2 Å². The lowest BCUT2D eigenvalue weighted by Crippen LogP contribution is -2.67. The monoisotopic (exact) mass is 556 g/mol. The molecule has 39 heavy (non-hydrogen) atoms. The first-order valence-electron chi connectivity index (χ1n) is 12.9. The van der Waals surface area contributed by atoms with Gasteiger partial charge in [0, 0.05) is 14.2 Å². The molecule has 1 N–H and O–H groups in total. The van der Waals surface area contributed by atoms with Gasteiger partial charge in [-0.15, -0.1) is 0 Å². The van der Waals surface area contributed by atoms with Crippen molar-refractivity contribution >= 4 is 7.60 Å². The van der Waals surface area contributed by atoms with Crippen molar-refractivity contribution in [3.05, 3.63) is 108 Å². The molecule has 0 amide bonds. The van der Waals surface area contributed by atoms with Gasteiger partial charge in [-0.05, 0) is 23.6 Å². The Morgan fingerprint density at radius 3 is 1.56 bits per heavy atom. The first-order valence-corrected chi connectivity index (χ1v) is 14.7. The summed E-state index contributed by atoms with van der Waals surface area (Å²) in [6.07, 6.45) is -3.57. The molecular formula is C30H37O8P. The van der Waals surface area contributed by atoms with Crippen molar-refractivity contribution in [3.63, 3.8) is 0 Å². The van der Waals surface area contributed by atoms with Crippen molar-refractivity contribution < 1.29 is 37.7 Å². The predicted octanol–water partition coefficient (Wildman–Crippen LogP) is 5.34. The number of hydrogen-bond donors (Lipinski definition) is 1. The smallest absolute Gasteiger partial charge is 0.335 e. The van der Waals surface area contributed by atoms with E-state index in [0.717, 1.165) is 16.7 Å². The van der Waals surface area contributed by atoms with Crippen LogP contribution in [0.5, 0.6) is 0 Å². The number of benzene rings is 3. The van der Waals surface area contributed by atoms with Gasteiger partial charge >= 0.3 is 7.60 Å². The van der Waals surface area contributed by atoms with Gasteiger partial charge in [-0.25, -0.2) is 0 Å². The van der Waals surface area contributed by atoms with Crippen LogP contribution >= 0.6 is 7.60 Å². The predicted molar refractivity (Wildman–Crippen MR) is 147 cm³/mol. The number of aliphatic hydroxyl groups is 1. The van der Waals surface area contributed by atoms with Crippen LogP contribution in [-0.2, 0) is 52.4 Å². The Balaban J connectivity index is 1.67. The van der Waals surface area contributed by atoms with E-state index in [1.807, 2.05) is 91.0 Å². The highest BCUT2D eigenvalue weighted by molar-refractivity contribution is 7.53. The Morgan fingerprint density at radius 1 is 0.718 bits per heavy atom. The molecule has 3 aromatic rings. The normalized spacial score (nSPS) is 25.4. The lowest BCUT2D eigenvalue weighted by Gasteiger charge is -2.50. The number of hydrogen-bond acceptors (Lipinski definition) is 8. The number of rotatable bonds is 13. The molecule has 1 saturated heterocycles. The fourth-order valence-corrected chi connectivity index (χ4v) is 5.91. The van der Waals surface area contributed by atoms with Crippen molar-refractivity contribution in [2.75, 3.05) is 20.4 Å². The lowest BCUT2D eigenvalue weighted by molar-refractivity contribution is -0.355. The average Bonchev–Trinajstić information content (AvgIpc) is 2.96. The van der Waals surface area contributed by atoms with Crippen molar-refractivity contribution in [2.45, 2.75) is 56.9 Å². The molecule has 3 aromatic carbocycles. The lowest BCUT2D eigenvalue weighted by atomic mass is 9.93. The van der Waals surface area contributed by atoms with Crippen LogP contribution in [0, 0.1) is 0 Å². The van der Waals surface area contributed by atoms with Gasteiger partial charge in [-0.2, -0.15) is 0 Å². The molecule has 0 aliphatic carbocycles. The Bertz CT molecular complexity index is 1170. The summed E-state index contributed by atoms with van der Waals surface area (Å²) in [7, 11) is -1.17. The summed E-state index contributed by atoms with van der Waals surface area (Å²) in [5.74, 6) is -2.05. The third-order valence-corrected chi connectivity index (χ3v) is 8.69. The van der Waals surface area contributed by atoms with Crippen LogP contribution in [0.2, 0.25) is 0 Å². The van der Waals surface area contributed by atoms with Gasteiger partial charge in [0.25, 0.3) is 0 Å². The zero-order valence-corrected chi connectivity index (χ0v) is 23.4. The van der Waals surface area contributed by atoms with Crippen LogP contribution in [0.25, 0.3) is 0 Å². The fourth-order valence-electron chi connectivity index (χ4n) is 4.69. The molecule has 1 heterocycles. The summed E-state index contributed by atoms with van der Waals surface area (Å²) in [4.78, 5) is 0. The quantitative estimate of drug-likeness (QED) is 0.282. The molecule has 4 rings (SSSR count). The van der Waals surface area contributed by atoms with Crippen molar-refractivity contribution in [2.24, 2.45) is 0 Å². The van der Waals surface area contributed by atoms with Gasteiger partial charge in [0.15, 0.2) is 0 Å². The second kappa shape index (κ2) is 13.8. The van der Waals surface area contributed by atoms with Gasteiger partial charge in [-0.3, -0.25) is 4.57 Å². The van der Waals surface area contributed by atoms with Crippen LogP contribution < -0.4 is 0 Å². The molecule has 0 radical (unpaired) electrons. The van der Waals surface area contributed by atoms with E-state index in [1.165, 1.54) is 14.2 Å². The molecule has 0 spiro atoms. The standard InChI is InChI=1S/C30H37O8P/c1-23-27(35-19-24-13-7-4-8-14-24)28(36-20-25-15-9-5-10-16-25)29(37-21-26-17-11-6-12-18-26)30(31,38-23)22-39(32,33-2)34-3/h4-18,23,27-29,31H,19-22H2,1-3H3/t23-,27+,28+,29-,30+/m0/s1. The van der Waals surface area contributed by atoms with E-state index in [0.29, 0.717) is 6.61 Å². The van der Waals surface area contributed by atoms with Gasteiger partial charge < -0.3 is 33.1 Å². The van der Waals surface area contributed by atoms with E-state index in [2.05, 4.69) is 0 Å². The summed E-state index contributed by atoms with van der Waals surface area (Å²) < 4.78 is 48.9. The average molecular weight is 557 g/mol. The second-order valence-electron chi connectivity index (χ2n) is 9.54. The summed E-state index contributed by atoms with van der Waals surface area (Å²) in [5.41, 5.74) is 2.82. The SMILES string of the molecule is COP(=O)(C[C@@]1(O)O[C@@H](C)[C@@H](OCc2ccccc2)[C@@H](OCc2ccccc2)[C@@H]1OCc1ccccc1)OC. The minimum Gasteiger partial charge on any atom is -0.368 e. The third kappa shape index (κ3) is 7.84. The zero-order chi connectivity index (χ0) is 27.7. The highest BCUT2D eigenvalue weighted by atomic mass is 31.2. The Hall–Kier alpha value is -2.39. The molecule has 1 aliphatic heterocycles. The van der Waals surface area contributed by atoms with E-state index in [4.69, 9.17) is 28.0 Å². The largest absolute Gasteiger partial charge is 0.368 e. The first-order chi connectivity index (χ1) is 18.9. The maximum absolute atomic E-state index is 13.2. The molecule has 1 aliphatic rings. The van der Waals surface area contributed by atoms with Gasteiger partial charge in [0.05, 0.1) is 25.9 Å². The Morgan fingerprint density at radius 2 is 1.13 bits per heavy atom. The third-order valence-electron chi connectivity index (χ3n) is 6.74. The highest BCUT2D eigenvalue weighted by Gasteiger charge is 2.57. The molecule has 0 aromatic heterocycles. The van der Waals surface area contributed by atoms with Gasteiger partial charge in [0.2, 0.25) is 5.79 Å². The number of ether oxygens (including phenoxy) is 4. The van der Waals surface area contributed by atoms with Crippen LogP contribution in [0.4, 0.5) is 0 Å². The first kappa shape index (κ1) is 29.6. The second-order valence-corrected chi connectivity index (χ2v) is 11.8. The fraction of sp³-hybridized carbons (Fsp3) is 0.400. The zero-order valence-electron chi connectivity index (χ0n) is 22.6. The Labute approximate surface area is 230 Å². The van der Waals surface area contributed by atoms with Crippen LogP contribution in [0.15, 0.2) is 91.0 Å². The van der Waals surface area contributed by atoms with Crippen molar-refractivity contribution in [1.29, 1.82) is 0 Å². The molecule has 8 nitrogen and oxygen atoms in total. The summed E-state index contributed by atoms with van der Waals surface area (Å²) in [6.45, 7) is 2.50. The minimum absolute atomic E-state index is 0.159. The minimum atomic E-state index is -3.71. The molecule has 0 bridgehead atoms. The van der Waals surface area contributed by atoms with Crippen LogP contribution in [0.3, 0.4) is 0 Å². The van der Waals surface area contributed by atoms with Gasteiger partial charge in [-0.1, -0.05) is 91.0 Å². The van der Waals surface area contributed by atoms with E-state index in [9.17, 15) is 9.67 Å². The van der Waals surface area contributed by atoms with Crippen LogP contribution in [0.1, 0.15) is 23.6 Å². The van der Waals surface area contributed by atoms with E-state index >= 15 is 0 Å². The summed E-state index contributed by atoms with van der Waals surface area (Å²) >= 11 is 0.